The third-order valence-corrected chi connectivity index (χ3v) is 16.8. The maximum Gasteiger partial charge on any atom is 0.0713 e. The fourth-order valence-corrected chi connectivity index (χ4v) is 13.0. The maximum atomic E-state index is 2.43. The number of para-hydroxylation sites is 1. The second kappa shape index (κ2) is 20.7. The van der Waals surface area contributed by atoms with E-state index in [9.17, 15) is 0 Å². The van der Waals surface area contributed by atoms with Gasteiger partial charge in [-0.05, 0) is 140 Å². The summed E-state index contributed by atoms with van der Waals surface area (Å²) in [5.41, 5.74) is 28.1. The Morgan fingerprint density at radius 1 is 0.275 bits per heavy atom. The van der Waals surface area contributed by atoms with Crippen molar-refractivity contribution >= 4 is 21.8 Å². The van der Waals surface area contributed by atoms with Gasteiger partial charge < -0.3 is 4.57 Å². The highest BCUT2D eigenvalue weighted by molar-refractivity contribution is 6.10. The van der Waals surface area contributed by atoms with Crippen LogP contribution in [0, 0.1) is 20.8 Å². The largest absolute Gasteiger partial charge is 0.309 e. The summed E-state index contributed by atoms with van der Waals surface area (Å²) in [6, 6.07) is 106. The Labute approximate surface area is 471 Å². The monoisotopic (exact) mass is 1030 g/mol. The predicted molar refractivity (Wildman–Crippen MR) is 339 cm³/mol. The van der Waals surface area contributed by atoms with Gasteiger partial charge in [0.25, 0.3) is 0 Å². The van der Waals surface area contributed by atoms with E-state index in [0.717, 1.165) is 5.69 Å². The lowest BCUT2D eigenvalue weighted by atomic mass is 9.67. The molecule has 1 heteroatoms. The van der Waals surface area contributed by atoms with Gasteiger partial charge in [-0.25, -0.2) is 0 Å². The van der Waals surface area contributed by atoms with Gasteiger partial charge in [-0.3, -0.25) is 0 Å². The molecule has 0 aliphatic heterocycles. The van der Waals surface area contributed by atoms with Crippen molar-refractivity contribution in [3.63, 3.8) is 0 Å². The summed E-state index contributed by atoms with van der Waals surface area (Å²) < 4.78 is 2.43. The summed E-state index contributed by atoms with van der Waals surface area (Å²) in [5, 5.41) is 2.51. The van der Waals surface area contributed by atoms with Crippen molar-refractivity contribution in [3.05, 3.63) is 341 Å². The lowest BCUT2D eigenvalue weighted by Gasteiger charge is -2.34. The summed E-state index contributed by atoms with van der Waals surface area (Å²) in [6.45, 7) is 11.0. The number of benzene rings is 12. The molecule has 0 unspecified atom stereocenters. The van der Waals surface area contributed by atoms with Gasteiger partial charge in [0.05, 0.1) is 16.4 Å². The van der Waals surface area contributed by atoms with Gasteiger partial charge in [0.2, 0.25) is 0 Å². The number of rotatable bonds is 6. The minimum absolute atomic E-state index is 0.152. The number of aromatic nitrogens is 1. The van der Waals surface area contributed by atoms with E-state index >= 15 is 0 Å². The topological polar surface area (TPSA) is 4.93 Å². The summed E-state index contributed by atoms with van der Waals surface area (Å²) in [5.74, 6) is 0. The van der Waals surface area contributed by atoms with Crippen molar-refractivity contribution in [3.8, 4) is 61.3 Å². The van der Waals surface area contributed by atoms with Crippen LogP contribution >= 0.6 is 0 Å². The van der Waals surface area contributed by atoms with Crippen molar-refractivity contribution in [2.24, 2.45) is 0 Å². The molecule has 13 aromatic rings. The van der Waals surface area contributed by atoms with Crippen LogP contribution in [0.3, 0.4) is 0 Å². The van der Waals surface area contributed by atoms with Gasteiger partial charge in [0.1, 0.15) is 0 Å². The molecular formula is C79H63N. The first kappa shape index (κ1) is 50.0. The van der Waals surface area contributed by atoms with E-state index in [1.54, 1.807) is 0 Å². The SMILES string of the molecule is Cc1ccc2c(c1)-c1ccccc1C2(C)C.Cc1cccc(-c2cccc(-c3ccc4c5ccccc5n(-c5ccc(-c6cccc7c6-c6ccccc6C7(c6ccccc6)c6ccccc6)cc5)c4c3)c2)c1.Cc1ccccc1. The van der Waals surface area contributed by atoms with E-state index in [4.69, 9.17) is 0 Å². The molecule has 2 aliphatic carbocycles. The van der Waals surface area contributed by atoms with Crippen LogP contribution in [0.1, 0.15) is 63.9 Å². The zero-order valence-corrected chi connectivity index (χ0v) is 46.2. The lowest BCUT2D eigenvalue weighted by molar-refractivity contribution is 0.660. The minimum Gasteiger partial charge on any atom is -0.309 e. The lowest BCUT2D eigenvalue weighted by Crippen LogP contribution is -2.28. The summed E-state index contributed by atoms with van der Waals surface area (Å²) >= 11 is 0. The molecule has 12 aromatic carbocycles. The Kier molecular flexibility index (Phi) is 12.9. The normalized spacial score (nSPS) is 13.0. The average molecular weight is 1030 g/mol. The van der Waals surface area contributed by atoms with E-state index < -0.39 is 5.41 Å². The van der Waals surface area contributed by atoms with Crippen LogP contribution in [-0.2, 0) is 10.8 Å². The first-order chi connectivity index (χ1) is 39.2. The first-order valence-corrected chi connectivity index (χ1v) is 28.1. The molecule has 1 heterocycles. The molecule has 0 fully saturated rings. The summed E-state index contributed by atoms with van der Waals surface area (Å²) in [6.07, 6.45) is 0. The molecule has 0 spiro atoms. The number of aryl methyl sites for hydroxylation is 3. The Morgan fingerprint density at radius 2 is 0.762 bits per heavy atom. The van der Waals surface area contributed by atoms with Crippen LogP contribution in [-0.4, -0.2) is 4.57 Å². The molecule has 0 bridgehead atoms. The molecule has 0 saturated heterocycles. The van der Waals surface area contributed by atoms with Gasteiger partial charge in [0, 0.05) is 21.9 Å². The highest BCUT2D eigenvalue weighted by Crippen LogP contribution is 2.58. The Morgan fingerprint density at radius 3 is 1.44 bits per heavy atom. The first-order valence-electron chi connectivity index (χ1n) is 28.1. The van der Waals surface area contributed by atoms with Crippen molar-refractivity contribution < 1.29 is 0 Å². The Bertz CT molecular complexity index is 4350. The van der Waals surface area contributed by atoms with Crippen LogP contribution in [0.25, 0.3) is 83.1 Å². The molecule has 0 radical (unpaired) electrons. The van der Waals surface area contributed by atoms with E-state index in [1.807, 2.05) is 18.2 Å². The summed E-state index contributed by atoms with van der Waals surface area (Å²) in [4.78, 5) is 0. The molecule has 15 rings (SSSR count). The van der Waals surface area contributed by atoms with Gasteiger partial charge in [-0.2, -0.15) is 0 Å². The molecule has 2 aliphatic rings. The van der Waals surface area contributed by atoms with Crippen molar-refractivity contribution in [2.75, 3.05) is 0 Å². The fourth-order valence-electron chi connectivity index (χ4n) is 13.0. The second-order valence-corrected chi connectivity index (χ2v) is 22.2. The third-order valence-electron chi connectivity index (χ3n) is 16.8. The smallest absolute Gasteiger partial charge is 0.0713 e. The molecule has 384 valence electrons. The predicted octanol–water partition coefficient (Wildman–Crippen LogP) is 20.8. The van der Waals surface area contributed by atoms with Crippen molar-refractivity contribution in [2.45, 2.75) is 45.4 Å². The van der Waals surface area contributed by atoms with Gasteiger partial charge >= 0.3 is 0 Å². The Balaban J connectivity index is 0.000000216. The maximum absolute atomic E-state index is 2.43. The van der Waals surface area contributed by atoms with Crippen molar-refractivity contribution in [1.82, 2.24) is 4.57 Å². The standard InChI is InChI=1S/C56H39N.C16H16.C7H8/c1-38-15-12-16-40(35-38)41-17-13-18-42(36-41)43-31-34-49-48-23-9-11-28-53(48)57(54(49)37-43)46-32-29-39(30-33-46)47-25-14-27-52-55(47)50-24-8-10-26-51(50)56(52,44-19-4-2-5-20-44)45-21-6-3-7-22-45;1-11-8-9-15-13(10-11)12-6-4-5-7-14(12)16(15,2)3;1-7-5-3-2-4-6-7/h2-37H,1H3;4-10H,1-3H3;2-6H,1H3. The van der Waals surface area contributed by atoms with Gasteiger partial charge in [0.15, 0.2) is 0 Å². The van der Waals surface area contributed by atoms with Crippen LogP contribution in [0.2, 0.25) is 0 Å². The van der Waals surface area contributed by atoms with E-state index in [1.165, 1.54) is 128 Å². The zero-order valence-electron chi connectivity index (χ0n) is 46.2. The molecule has 0 amide bonds. The van der Waals surface area contributed by atoms with Crippen LogP contribution in [0.15, 0.2) is 291 Å². The molecule has 80 heavy (non-hydrogen) atoms. The van der Waals surface area contributed by atoms with Crippen molar-refractivity contribution in [1.29, 1.82) is 0 Å². The highest BCUT2D eigenvalue weighted by atomic mass is 15.0. The second-order valence-electron chi connectivity index (χ2n) is 22.2. The van der Waals surface area contributed by atoms with E-state index in [0.29, 0.717) is 0 Å². The molecule has 0 N–H and O–H groups in total. The molecular weight excluding hydrogens is 963 g/mol. The molecule has 1 nitrogen and oxygen atoms in total. The highest BCUT2D eigenvalue weighted by Gasteiger charge is 2.46. The van der Waals surface area contributed by atoms with E-state index in [2.05, 4.69) is 312 Å². The van der Waals surface area contributed by atoms with Crippen LogP contribution in [0.5, 0.6) is 0 Å². The zero-order chi connectivity index (χ0) is 54.4. The molecule has 0 saturated carbocycles. The van der Waals surface area contributed by atoms with E-state index in [-0.39, 0.29) is 5.41 Å². The molecule has 0 atom stereocenters. The fraction of sp³-hybridized carbons (Fsp3) is 0.0886. The number of hydrogen-bond acceptors (Lipinski definition) is 0. The number of fused-ring (bicyclic) bond motifs is 9. The van der Waals surface area contributed by atoms with Crippen LogP contribution in [0.4, 0.5) is 0 Å². The Hall–Kier alpha value is -9.56. The minimum atomic E-state index is -0.426. The number of hydrogen-bond donors (Lipinski definition) is 0. The number of nitrogens with zero attached hydrogens (tertiary/aromatic N) is 1. The van der Waals surface area contributed by atoms with Gasteiger partial charge in [-0.15, -0.1) is 0 Å². The molecule has 1 aromatic heterocycles. The summed E-state index contributed by atoms with van der Waals surface area (Å²) in [7, 11) is 0. The third kappa shape index (κ3) is 8.67. The van der Waals surface area contributed by atoms with Crippen LogP contribution < -0.4 is 0 Å². The average Bonchev–Trinajstić information content (AvgIpc) is 3.28. The quantitative estimate of drug-likeness (QED) is 0.156. The van der Waals surface area contributed by atoms with Gasteiger partial charge in [-0.1, -0.05) is 291 Å².